The first kappa shape index (κ1) is 12.9. The molecule has 0 spiro atoms. The molecule has 1 aromatic rings. The molecule has 0 aromatic carbocycles. The van der Waals surface area contributed by atoms with Gasteiger partial charge in [0.15, 0.2) is 0 Å². The highest BCUT2D eigenvalue weighted by Gasteiger charge is 2.09. The number of carboxylic acids is 1. The smallest absolute Gasteiger partial charge is 0.337 e. The number of rotatable bonds is 2. The van der Waals surface area contributed by atoms with Crippen LogP contribution in [-0.4, -0.2) is 16.1 Å². The number of hydrogen-bond donors (Lipinski definition) is 1. The van der Waals surface area contributed by atoms with Gasteiger partial charge in [-0.3, -0.25) is 4.98 Å². The van der Waals surface area contributed by atoms with Crippen molar-refractivity contribution in [3.05, 3.63) is 29.1 Å². The van der Waals surface area contributed by atoms with Gasteiger partial charge in [-0.25, -0.2) is 4.79 Å². The molecule has 0 aliphatic carbocycles. The largest absolute Gasteiger partial charge is 0.478 e. The first-order chi connectivity index (χ1) is 6.02. The number of carboxylic acid groups (broad SMARTS) is 1. The van der Waals surface area contributed by atoms with Gasteiger partial charge >= 0.3 is 5.97 Å². The Hall–Kier alpha value is -1.09. The number of aromatic nitrogens is 1. The third kappa shape index (κ3) is 2.70. The van der Waals surface area contributed by atoms with E-state index in [4.69, 9.17) is 5.11 Å². The van der Waals surface area contributed by atoms with Crippen molar-refractivity contribution in [1.82, 2.24) is 4.98 Å². The lowest BCUT2D eigenvalue weighted by atomic mass is 10.1. The van der Waals surface area contributed by atoms with Crippen molar-refractivity contribution in [3.8, 4) is 0 Å². The Labute approximate surface area is 89.6 Å². The van der Waals surface area contributed by atoms with Crippen LogP contribution in [0.1, 0.15) is 41.5 Å². The van der Waals surface area contributed by atoms with Gasteiger partial charge in [-0.15, -0.1) is 12.4 Å². The molecule has 0 saturated carbocycles. The van der Waals surface area contributed by atoms with Gasteiger partial charge < -0.3 is 5.11 Å². The maximum absolute atomic E-state index is 10.7. The Morgan fingerprint density at radius 3 is 2.36 bits per heavy atom. The zero-order valence-corrected chi connectivity index (χ0v) is 9.26. The molecule has 3 nitrogen and oxygen atoms in total. The summed E-state index contributed by atoms with van der Waals surface area (Å²) < 4.78 is 0. The number of carbonyl (C=O) groups is 1. The zero-order valence-electron chi connectivity index (χ0n) is 8.44. The summed E-state index contributed by atoms with van der Waals surface area (Å²) >= 11 is 0. The van der Waals surface area contributed by atoms with Gasteiger partial charge in [-0.05, 0) is 25.0 Å². The minimum atomic E-state index is -0.916. The van der Waals surface area contributed by atoms with Crippen LogP contribution in [0.2, 0.25) is 0 Å². The fourth-order valence-electron chi connectivity index (χ4n) is 1.13. The number of nitrogens with zero attached hydrogens (tertiary/aromatic N) is 1. The highest BCUT2D eigenvalue weighted by Crippen LogP contribution is 2.14. The van der Waals surface area contributed by atoms with Crippen molar-refractivity contribution in [2.45, 2.75) is 26.7 Å². The molecule has 0 bridgehead atoms. The van der Waals surface area contributed by atoms with Crippen molar-refractivity contribution in [1.29, 1.82) is 0 Å². The van der Waals surface area contributed by atoms with Gasteiger partial charge in [-0.1, -0.05) is 13.8 Å². The number of pyridine rings is 1. The Bertz CT molecular complexity index is 337. The quantitative estimate of drug-likeness (QED) is 0.825. The third-order valence-electron chi connectivity index (χ3n) is 1.93. The second kappa shape index (κ2) is 4.96. The van der Waals surface area contributed by atoms with Crippen molar-refractivity contribution in [2.24, 2.45) is 0 Å². The molecular formula is C10H14ClNO2. The number of halogens is 1. The van der Waals surface area contributed by atoms with Crippen LogP contribution in [-0.2, 0) is 0 Å². The van der Waals surface area contributed by atoms with E-state index in [1.165, 1.54) is 0 Å². The topological polar surface area (TPSA) is 50.2 Å². The molecule has 78 valence electrons. The molecule has 1 N–H and O–H groups in total. The molecule has 1 heterocycles. The van der Waals surface area contributed by atoms with Crippen molar-refractivity contribution in [2.75, 3.05) is 0 Å². The lowest BCUT2D eigenvalue weighted by molar-refractivity contribution is 0.0695. The van der Waals surface area contributed by atoms with Crippen LogP contribution in [0.3, 0.4) is 0 Å². The van der Waals surface area contributed by atoms with E-state index in [-0.39, 0.29) is 18.0 Å². The Kier molecular flexibility index (Phi) is 4.57. The lowest BCUT2D eigenvalue weighted by Gasteiger charge is -2.06. The first-order valence-corrected chi connectivity index (χ1v) is 4.23. The van der Waals surface area contributed by atoms with Crippen molar-refractivity contribution >= 4 is 18.4 Å². The summed E-state index contributed by atoms with van der Waals surface area (Å²) in [4.78, 5) is 14.9. The number of hydrogen-bond acceptors (Lipinski definition) is 2. The van der Waals surface area contributed by atoms with E-state index in [1.54, 1.807) is 19.1 Å². The Morgan fingerprint density at radius 2 is 2.00 bits per heavy atom. The van der Waals surface area contributed by atoms with Crippen LogP contribution in [0, 0.1) is 6.92 Å². The van der Waals surface area contributed by atoms with Crippen LogP contribution in [0.15, 0.2) is 12.1 Å². The van der Waals surface area contributed by atoms with Gasteiger partial charge in [0.05, 0.1) is 11.3 Å². The minimum Gasteiger partial charge on any atom is -0.478 e. The molecule has 0 radical (unpaired) electrons. The van der Waals surface area contributed by atoms with Crippen molar-refractivity contribution < 1.29 is 9.90 Å². The van der Waals surface area contributed by atoms with Crippen LogP contribution < -0.4 is 0 Å². The summed E-state index contributed by atoms with van der Waals surface area (Å²) in [6, 6.07) is 3.38. The summed E-state index contributed by atoms with van der Waals surface area (Å²) in [7, 11) is 0. The molecule has 0 unspecified atom stereocenters. The van der Waals surface area contributed by atoms with E-state index in [2.05, 4.69) is 4.98 Å². The molecule has 14 heavy (non-hydrogen) atoms. The summed E-state index contributed by atoms with van der Waals surface area (Å²) in [5.74, 6) is -0.582. The molecule has 1 aromatic heterocycles. The number of aromatic carboxylic acids is 1. The first-order valence-electron chi connectivity index (χ1n) is 4.23. The summed E-state index contributed by atoms with van der Waals surface area (Å²) in [5.41, 5.74) is 1.80. The molecule has 0 aliphatic rings. The summed E-state index contributed by atoms with van der Waals surface area (Å²) in [6.07, 6.45) is 0. The fraction of sp³-hybridized carbons (Fsp3) is 0.400. The van der Waals surface area contributed by atoms with Gasteiger partial charge in [0, 0.05) is 5.69 Å². The monoisotopic (exact) mass is 215 g/mol. The molecule has 0 saturated heterocycles. The van der Waals surface area contributed by atoms with Crippen LogP contribution >= 0.6 is 12.4 Å². The highest BCUT2D eigenvalue weighted by molar-refractivity contribution is 5.88. The molecule has 4 heteroatoms. The van der Waals surface area contributed by atoms with Crippen LogP contribution in [0.25, 0.3) is 0 Å². The third-order valence-corrected chi connectivity index (χ3v) is 1.93. The Balaban J connectivity index is 0.00000169. The van der Waals surface area contributed by atoms with E-state index >= 15 is 0 Å². The van der Waals surface area contributed by atoms with E-state index in [9.17, 15) is 4.79 Å². The average Bonchev–Trinajstić information content (AvgIpc) is 2.03. The second-order valence-electron chi connectivity index (χ2n) is 3.33. The summed E-state index contributed by atoms with van der Waals surface area (Å²) in [5, 5.41) is 8.76. The highest BCUT2D eigenvalue weighted by atomic mass is 35.5. The van der Waals surface area contributed by atoms with E-state index in [0.717, 1.165) is 5.69 Å². The van der Waals surface area contributed by atoms with Gasteiger partial charge in [0.2, 0.25) is 0 Å². The molecule has 0 fully saturated rings. The van der Waals surface area contributed by atoms with Crippen molar-refractivity contribution in [3.63, 3.8) is 0 Å². The van der Waals surface area contributed by atoms with Gasteiger partial charge in [0.1, 0.15) is 0 Å². The molecule has 0 atom stereocenters. The van der Waals surface area contributed by atoms with Crippen LogP contribution in [0.5, 0.6) is 0 Å². The van der Waals surface area contributed by atoms with Gasteiger partial charge in [-0.2, -0.15) is 0 Å². The SMILES string of the molecule is Cc1nc(C(C)C)ccc1C(=O)O.Cl. The summed E-state index contributed by atoms with van der Waals surface area (Å²) in [6.45, 7) is 5.78. The maximum atomic E-state index is 10.7. The van der Waals surface area contributed by atoms with E-state index < -0.39 is 5.97 Å². The second-order valence-corrected chi connectivity index (χ2v) is 3.33. The van der Waals surface area contributed by atoms with Gasteiger partial charge in [0.25, 0.3) is 0 Å². The average molecular weight is 216 g/mol. The molecule has 0 aliphatic heterocycles. The standard InChI is InChI=1S/C10H13NO2.ClH/c1-6(2)9-5-4-8(10(12)13)7(3)11-9;/h4-6H,1-3H3,(H,12,13);1H. The minimum absolute atomic E-state index is 0. The normalized spacial score (nSPS) is 9.71. The fourth-order valence-corrected chi connectivity index (χ4v) is 1.13. The zero-order chi connectivity index (χ0) is 10.0. The Morgan fingerprint density at radius 1 is 1.43 bits per heavy atom. The maximum Gasteiger partial charge on any atom is 0.337 e. The molecule has 0 amide bonds. The lowest BCUT2D eigenvalue weighted by Crippen LogP contribution is -2.04. The van der Waals surface area contributed by atoms with E-state index in [1.807, 2.05) is 13.8 Å². The molecule has 1 rings (SSSR count). The predicted molar refractivity (Wildman–Crippen MR) is 57.3 cm³/mol. The molecular weight excluding hydrogens is 202 g/mol. The predicted octanol–water partition coefficient (Wildman–Crippen LogP) is 2.63. The number of aryl methyl sites for hydroxylation is 1. The van der Waals surface area contributed by atoms with E-state index in [0.29, 0.717) is 11.6 Å². The van der Waals surface area contributed by atoms with Crippen LogP contribution in [0.4, 0.5) is 0 Å².